The summed E-state index contributed by atoms with van der Waals surface area (Å²) in [4.78, 5) is 22.6. The molecule has 1 fully saturated rings. The summed E-state index contributed by atoms with van der Waals surface area (Å²) in [6.07, 6.45) is 14.8. The summed E-state index contributed by atoms with van der Waals surface area (Å²) in [5.74, 6) is -1.15. The highest BCUT2D eigenvalue weighted by molar-refractivity contribution is 5.86. The van der Waals surface area contributed by atoms with Gasteiger partial charge in [0.15, 0.2) is 0 Å². The molecule has 1 aliphatic carbocycles. The van der Waals surface area contributed by atoms with Crippen molar-refractivity contribution in [3.63, 3.8) is 0 Å². The Bertz CT molecular complexity index is 497. The second-order valence-corrected chi connectivity index (χ2v) is 7.58. The molecule has 0 spiro atoms. The van der Waals surface area contributed by atoms with Gasteiger partial charge in [0.25, 0.3) is 0 Å². The minimum absolute atomic E-state index is 0.0478. The van der Waals surface area contributed by atoms with Crippen molar-refractivity contribution in [2.75, 3.05) is 0 Å². The number of Topliss-reactive ketones (excluding diaryl/α,β-unsaturated/α-hetero) is 1. The summed E-state index contributed by atoms with van der Waals surface area (Å²) in [6, 6.07) is 0. The number of hydrogen-bond acceptors (Lipinski definition) is 4. The van der Waals surface area contributed by atoms with Crippen LogP contribution in [-0.2, 0) is 9.59 Å². The first-order valence-corrected chi connectivity index (χ1v) is 10.4. The molecule has 0 aromatic carbocycles. The quantitative estimate of drug-likeness (QED) is 0.312. The van der Waals surface area contributed by atoms with Gasteiger partial charge in [-0.3, -0.25) is 9.59 Å². The van der Waals surface area contributed by atoms with Crippen molar-refractivity contribution in [3.8, 4) is 0 Å². The highest BCUT2D eigenvalue weighted by Crippen LogP contribution is 2.33. The van der Waals surface area contributed by atoms with E-state index in [1.807, 2.05) is 6.08 Å². The van der Waals surface area contributed by atoms with Crippen molar-refractivity contribution >= 4 is 11.8 Å². The third kappa shape index (κ3) is 9.87. The van der Waals surface area contributed by atoms with Crippen molar-refractivity contribution in [2.24, 2.45) is 11.8 Å². The molecular weight excluding hydrogens is 344 g/mol. The second kappa shape index (κ2) is 13.7. The lowest BCUT2D eigenvalue weighted by Crippen LogP contribution is -2.19. The topological polar surface area (TPSA) is 94.8 Å². The highest BCUT2D eigenvalue weighted by Gasteiger charge is 2.39. The van der Waals surface area contributed by atoms with Crippen LogP contribution < -0.4 is 0 Å². The van der Waals surface area contributed by atoms with E-state index in [2.05, 4.69) is 13.0 Å². The van der Waals surface area contributed by atoms with Gasteiger partial charge in [-0.25, -0.2) is 0 Å². The van der Waals surface area contributed by atoms with Gasteiger partial charge in [0.05, 0.1) is 12.2 Å². The van der Waals surface area contributed by atoms with E-state index < -0.39 is 18.2 Å². The van der Waals surface area contributed by atoms with E-state index in [1.165, 1.54) is 0 Å². The second-order valence-electron chi connectivity index (χ2n) is 7.58. The van der Waals surface area contributed by atoms with Crippen LogP contribution in [-0.4, -0.2) is 39.3 Å². The fourth-order valence-corrected chi connectivity index (χ4v) is 3.56. The maximum atomic E-state index is 12.2. The molecule has 5 heteroatoms. The largest absolute Gasteiger partial charge is 0.481 e. The standard InChI is InChI=1S/C22H36O5/c1-2-3-8-11-17(23)14-15-19-18(20(24)16-21(19)25)12-9-6-4-5-7-10-13-22(26)27/h6,9,14-15,17-20,23-24H,2-5,7-8,10-13,16H2,1H3,(H,26,27)/b9-6-,15-14+/t17-,18?,19+,20?/m0/s1. The van der Waals surface area contributed by atoms with Gasteiger partial charge in [-0.15, -0.1) is 0 Å². The van der Waals surface area contributed by atoms with Crippen LogP contribution in [0.3, 0.4) is 0 Å². The number of carboxylic acids is 1. The Kier molecular flexibility index (Phi) is 11.9. The maximum absolute atomic E-state index is 12.2. The third-order valence-electron chi connectivity index (χ3n) is 5.22. The number of carboxylic acid groups (broad SMARTS) is 1. The molecule has 1 rings (SSSR count). The van der Waals surface area contributed by atoms with E-state index in [9.17, 15) is 19.8 Å². The number of carbonyl (C=O) groups excluding carboxylic acids is 1. The fourth-order valence-electron chi connectivity index (χ4n) is 3.56. The van der Waals surface area contributed by atoms with Crippen molar-refractivity contribution in [2.45, 2.75) is 89.8 Å². The number of rotatable bonds is 14. The summed E-state index contributed by atoms with van der Waals surface area (Å²) in [5.41, 5.74) is 0. The molecule has 0 aromatic rings. The Morgan fingerprint density at radius 1 is 1.19 bits per heavy atom. The average molecular weight is 381 g/mol. The normalized spacial score (nSPS) is 24.3. The monoisotopic (exact) mass is 380 g/mol. The van der Waals surface area contributed by atoms with Crippen LogP contribution in [0.5, 0.6) is 0 Å². The molecule has 0 radical (unpaired) electrons. The van der Waals surface area contributed by atoms with Crippen LogP contribution in [0.25, 0.3) is 0 Å². The smallest absolute Gasteiger partial charge is 0.303 e. The summed E-state index contributed by atoms with van der Waals surface area (Å²) in [6.45, 7) is 2.12. The molecule has 1 aliphatic rings. The van der Waals surface area contributed by atoms with Gasteiger partial charge in [-0.2, -0.15) is 0 Å². The minimum Gasteiger partial charge on any atom is -0.481 e. The molecule has 1 saturated carbocycles. The molecule has 0 heterocycles. The first kappa shape index (κ1) is 23.6. The zero-order valence-electron chi connectivity index (χ0n) is 16.6. The van der Waals surface area contributed by atoms with Crippen LogP contribution in [0.15, 0.2) is 24.3 Å². The van der Waals surface area contributed by atoms with Gasteiger partial charge in [0.2, 0.25) is 0 Å². The molecule has 4 atom stereocenters. The summed E-state index contributed by atoms with van der Waals surface area (Å²) in [7, 11) is 0. The Morgan fingerprint density at radius 2 is 1.96 bits per heavy atom. The molecule has 0 aromatic heterocycles. The lowest BCUT2D eigenvalue weighted by atomic mass is 9.90. The zero-order valence-corrected chi connectivity index (χ0v) is 16.6. The number of aliphatic hydroxyl groups is 2. The summed E-state index contributed by atoms with van der Waals surface area (Å²) >= 11 is 0. The van der Waals surface area contributed by atoms with Gasteiger partial charge < -0.3 is 15.3 Å². The van der Waals surface area contributed by atoms with E-state index in [0.717, 1.165) is 38.5 Å². The summed E-state index contributed by atoms with van der Waals surface area (Å²) < 4.78 is 0. The number of hydrogen-bond donors (Lipinski definition) is 3. The van der Waals surface area contributed by atoms with Crippen molar-refractivity contribution in [1.82, 2.24) is 0 Å². The lowest BCUT2D eigenvalue weighted by molar-refractivity contribution is -0.137. The third-order valence-corrected chi connectivity index (χ3v) is 5.22. The van der Waals surface area contributed by atoms with Crippen LogP contribution in [0.1, 0.15) is 77.6 Å². The molecule has 2 unspecified atom stereocenters. The maximum Gasteiger partial charge on any atom is 0.303 e. The number of aliphatic hydroxyl groups excluding tert-OH is 2. The van der Waals surface area contributed by atoms with Crippen LogP contribution >= 0.6 is 0 Å². The summed E-state index contributed by atoms with van der Waals surface area (Å²) in [5, 5.41) is 28.8. The molecular formula is C22H36O5. The Morgan fingerprint density at radius 3 is 2.67 bits per heavy atom. The Balaban J connectivity index is 2.38. The molecule has 5 nitrogen and oxygen atoms in total. The van der Waals surface area contributed by atoms with Gasteiger partial charge in [-0.1, -0.05) is 56.9 Å². The highest BCUT2D eigenvalue weighted by atomic mass is 16.4. The first-order chi connectivity index (χ1) is 13.0. The van der Waals surface area contributed by atoms with Gasteiger partial charge >= 0.3 is 5.97 Å². The van der Waals surface area contributed by atoms with Crippen LogP contribution in [0, 0.1) is 11.8 Å². The number of carbonyl (C=O) groups is 2. The average Bonchev–Trinajstić information content (AvgIpc) is 2.88. The van der Waals surface area contributed by atoms with E-state index in [0.29, 0.717) is 19.3 Å². The Labute approximate surface area is 163 Å². The molecule has 0 saturated heterocycles. The van der Waals surface area contributed by atoms with E-state index in [-0.39, 0.29) is 30.5 Å². The predicted molar refractivity (Wildman–Crippen MR) is 106 cm³/mol. The van der Waals surface area contributed by atoms with Crippen LogP contribution in [0.2, 0.25) is 0 Å². The number of aliphatic carboxylic acids is 1. The molecule has 0 aliphatic heterocycles. The van der Waals surface area contributed by atoms with Crippen molar-refractivity contribution in [1.29, 1.82) is 0 Å². The van der Waals surface area contributed by atoms with Gasteiger partial charge in [-0.05, 0) is 32.1 Å². The van der Waals surface area contributed by atoms with Gasteiger partial charge in [0, 0.05) is 24.7 Å². The SMILES string of the molecule is CCCCC[C@H](O)/C=C/[C@H]1C(=O)CC(O)C1C/C=C\CCCCCC(=O)O. The van der Waals surface area contributed by atoms with E-state index in [1.54, 1.807) is 12.2 Å². The molecule has 0 amide bonds. The molecule has 0 bridgehead atoms. The number of allylic oxidation sites excluding steroid dienone is 3. The van der Waals surface area contributed by atoms with E-state index in [4.69, 9.17) is 5.11 Å². The minimum atomic E-state index is -0.750. The number of unbranched alkanes of at least 4 members (excludes halogenated alkanes) is 5. The Hall–Kier alpha value is -1.46. The van der Waals surface area contributed by atoms with Gasteiger partial charge in [0.1, 0.15) is 5.78 Å². The van der Waals surface area contributed by atoms with Crippen molar-refractivity contribution < 1.29 is 24.9 Å². The van der Waals surface area contributed by atoms with E-state index >= 15 is 0 Å². The molecule has 27 heavy (non-hydrogen) atoms. The first-order valence-electron chi connectivity index (χ1n) is 10.4. The number of ketones is 1. The fraction of sp³-hybridized carbons (Fsp3) is 0.727. The molecule has 154 valence electrons. The van der Waals surface area contributed by atoms with Crippen molar-refractivity contribution in [3.05, 3.63) is 24.3 Å². The molecule has 3 N–H and O–H groups in total. The predicted octanol–water partition coefficient (Wildman–Crippen LogP) is 4.03. The lowest BCUT2D eigenvalue weighted by Gasteiger charge is -2.17. The zero-order chi connectivity index (χ0) is 20.1. The van der Waals surface area contributed by atoms with Crippen LogP contribution in [0.4, 0.5) is 0 Å².